The molecule has 0 aliphatic heterocycles. The number of aryl methyl sites for hydroxylation is 1. The predicted molar refractivity (Wildman–Crippen MR) is 112 cm³/mol. The minimum absolute atomic E-state index is 0.150. The largest absolute Gasteiger partial charge is 0.531 e. The lowest BCUT2D eigenvalue weighted by molar-refractivity contribution is 0.00686. The van der Waals surface area contributed by atoms with Gasteiger partial charge in [-0.2, -0.15) is 0 Å². The third kappa shape index (κ3) is 8.87. The molecule has 0 saturated heterocycles. The summed E-state index contributed by atoms with van der Waals surface area (Å²) in [6, 6.07) is 3.01. The van der Waals surface area contributed by atoms with Gasteiger partial charge >= 0.3 is 13.8 Å². The molecular formula is C21H35O7P. The number of benzene rings is 1. The molecule has 0 bridgehead atoms. The zero-order valence-corrected chi connectivity index (χ0v) is 20.1. The summed E-state index contributed by atoms with van der Waals surface area (Å²) < 4.78 is 35.8. The predicted octanol–water partition coefficient (Wildman–Crippen LogP) is 5.56. The SMILES string of the molecule is Cc1cc(C(=O)OC(C)(C)C)cc(CO)c1OP(=O)(OC(C)(C)C)OC(C)(C)C. The molecule has 0 heterocycles. The molecule has 1 rings (SSSR count). The van der Waals surface area contributed by atoms with Crippen LogP contribution in [-0.2, 0) is 25.0 Å². The third-order valence-corrected chi connectivity index (χ3v) is 5.08. The highest BCUT2D eigenvalue weighted by Crippen LogP contribution is 2.56. The van der Waals surface area contributed by atoms with Gasteiger partial charge in [0.1, 0.15) is 11.4 Å². The molecule has 0 aliphatic carbocycles. The average Bonchev–Trinajstić information content (AvgIpc) is 2.42. The van der Waals surface area contributed by atoms with Crippen LogP contribution in [0.25, 0.3) is 0 Å². The van der Waals surface area contributed by atoms with E-state index in [1.165, 1.54) is 6.07 Å². The van der Waals surface area contributed by atoms with Crippen molar-refractivity contribution >= 4 is 13.8 Å². The Morgan fingerprint density at radius 3 is 1.79 bits per heavy atom. The summed E-state index contributed by atoms with van der Waals surface area (Å²) in [5, 5.41) is 9.84. The maximum atomic E-state index is 13.4. The zero-order valence-electron chi connectivity index (χ0n) is 19.2. The van der Waals surface area contributed by atoms with Crippen LogP contribution in [0.5, 0.6) is 5.75 Å². The first-order valence-corrected chi connectivity index (χ1v) is 11.0. The highest BCUT2D eigenvalue weighted by atomic mass is 31.2. The molecule has 0 atom stereocenters. The standard InChI is InChI=1S/C21H35O7P/c1-14-11-15(18(23)25-19(2,3)4)12-16(13-22)17(14)26-29(24,27-20(5,6)7)28-21(8,9)10/h11-12,22H,13H2,1-10H3. The number of hydrogen-bond donors (Lipinski definition) is 1. The zero-order chi connectivity index (χ0) is 22.8. The topological polar surface area (TPSA) is 91.3 Å². The number of carbonyl (C=O) groups excluding carboxylic acids is 1. The summed E-state index contributed by atoms with van der Waals surface area (Å²) in [5.74, 6) is -0.376. The first kappa shape index (κ1) is 25.6. The van der Waals surface area contributed by atoms with Crippen molar-refractivity contribution in [3.8, 4) is 5.75 Å². The van der Waals surface area contributed by atoms with E-state index in [1.807, 2.05) is 0 Å². The van der Waals surface area contributed by atoms with Crippen LogP contribution >= 0.6 is 7.82 Å². The molecule has 7 nitrogen and oxygen atoms in total. The quantitative estimate of drug-likeness (QED) is 0.467. The maximum Gasteiger partial charge on any atom is 0.531 e. The normalized spacial score (nSPS) is 13.3. The number of esters is 1. The van der Waals surface area contributed by atoms with Crippen LogP contribution in [0, 0.1) is 6.92 Å². The van der Waals surface area contributed by atoms with E-state index >= 15 is 0 Å². The first-order chi connectivity index (χ1) is 12.8. The molecule has 0 radical (unpaired) electrons. The van der Waals surface area contributed by atoms with E-state index in [4.69, 9.17) is 18.3 Å². The summed E-state index contributed by atoms with van der Waals surface area (Å²) in [6.45, 7) is 17.0. The summed E-state index contributed by atoms with van der Waals surface area (Å²) in [4.78, 5) is 12.4. The van der Waals surface area contributed by atoms with E-state index in [0.29, 0.717) is 5.56 Å². The van der Waals surface area contributed by atoms with Gasteiger partial charge in [0, 0.05) is 5.56 Å². The number of hydrogen-bond acceptors (Lipinski definition) is 7. The van der Waals surface area contributed by atoms with Crippen LogP contribution in [0.2, 0.25) is 0 Å². The smallest absolute Gasteiger partial charge is 0.456 e. The van der Waals surface area contributed by atoms with Gasteiger partial charge in [0.05, 0.1) is 23.4 Å². The Kier molecular flexibility index (Phi) is 7.75. The minimum Gasteiger partial charge on any atom is -0.456 e. The summed E-state index contributed by atoms with van der Waals surface area (Å²) in [5.41, 5.74) is -1.23. The molecule has 0 spiro atoms. The molecule has 0 fully saturated rings. The molecule has 1 aromatic rings. The van der Waals surface area contributed by atoms with Crippen molar-refractivity contribution in [3.05, 3.63) is 28.8 Å². The fourth-order valence-corrected chi connectivity index (χ4v) is 4.33. The van der Waals surface area contributed by atoms with Gasteiger partial charge in [-0.3, -0.25) is 9.05 Å². The van der Waals surface area contributed by atoms with Crippen molar-refractivity contribution in [2.75, 3.05) is 0 Å². The Morgan fingerprint density at radius 2 is 1.41 bits per heavy atom. The monoisotopic (exact) mass is 430 g/mol. The third-order valence-electron chi connectivity index (χ3n) is 3.13. The molecule has 8 heteroatoms. The number of ether oxygens (including phenoxy) is 1. The van der Waals surface area contributed by atoms with Crippen LogP contribution in [0.3, 0.4) is 0 Å². The Labute approximate surface area is 174 Å². The van der Waals surface area contributed by atoms with Gasteiger partial charge < -0.3 is 14.4 Å². The summed E-state index contributed by atoms with van der Waals surface area (Å²) >= 11 is 0. The fourth-order valence-electron chi connectivity index (χ4n) is 2.39. The Balaban J connectivity index is 3.37. The second-order valence-electron chi connectivity index (χ2n) is 9.89. The number of aliphatic hydroxyl groups is 1. The molecule has 0 saturated carbocycles. The molecule has 0 aromatic heterocycles. The van der Waals surface area contributed by atoms with Crippen molar-refractivity contribution < 1.29 is 32.8 Å². The van der Waals surface area contributed by atoms with Crippen molar-refractivity contribution in [1.29, 1.82) is 0 Å². The number of carbonyl (C=O) groups is 1. The number of aliphatic hydroxyl groups excluding tert-OH is 1. The van der Waals surface area contributed by atoms with Crippen molar-refractivity contribution in [3.63, 3.8) is 0 Å². The highest BCUT2D eigenvalue weighted by Gasteiger charge is 2.39. The fraction of sp³-hybridized carbons (Fsp3) is 0.667. The van der Waals surface area contributed by atoms with E-state index in [1.54, 1.807) is 75.3 Å². The number of phosphoric ester groups is 1. The minimum atomic E-state index is -4.05. The Morgan fingerprint density at radius 1 is 0.931 bits per heavy atom. The van der Waals surface area contributed by atoms with E-state index in [9.17, 15) is 14.5 Å². The van der Waals surface area contributed by atoms with Crippen LogP contribution in [0.15, 0.2) is 12.1 Å². The van der Waals surface area contributed by atoms with Gasteiger partial charge in [-0.25, -0.2) is 9.36 Å². The van der Waals surface area contributed by atoms with Gasteiger partial charge in [0.2, 0.25) is 0 Å². The maximum absolute atomic E-state index is 13.4. The molecule has 0 amide bonds. The lowest BCUT2D eigenvalue weighted by atomic mass is 10.0. The number of phosphoric acid groups is 1. The van der Waals surface area contributed by atoms with Crippen molar-refractivity contribution in [1.82, 2.24) is 0 Å². The molecule has 166 valence electrons. The Hall–Kier alpha value is -1.40. The van der Waals surface area contributed by atoms with Crippen molar-refractivity contribution in [2.24, 2.45) is 0 Å². The van der Waals surface area contributed by atoms with Gasteiger partial charge in [-0.1, -0.05) is 0 Å². The number of rotatable bonds is 6. The van der Waals surface area contributed by atoms with E-state index in [0.717, 1.165) is 0 Å². The summed E-state index contributed by atoms with van der Waals surface area (Å²) in [6.07, 6.45) is 0. The summed E-state index contributed by atoms with van der Waals surface area (Å²) in [7, 11) is -4.05. The average molecular weight is 430 g/mol. The van der Waals surface area contributed by atoms with Crippen LogP contribution in [0.4, 0.5) is 0 Å². The second-order valence-corrected chi connectivity index (χ2v) is 11.3. The Bertz CT molecular complexity index is 760. The molecule has 0 aliphatic rings. The second kappa shape index (κ2) is 8.76. The van der Waals surface area contributed by atoms with Gasteiger partial charge in [0.25, 0.3) is 0 Å². The van der Waals surface area contributed by atoms with E-state index in [2.05, 4.69) is 0 Å². The molecule has 1 N–H and O–H groups in total. The molecule has 29 heavy (non-hydrogen) atoms. The molecular weight excluding hydrogens is 395 g/mol. The highest BCUT2D eigenvalue weighted by molar-refractivity contribution is 7.49. The van der Waals surface area contributed by atoms with Crippen LogP contribution in [0.1, 0.15) is 83.8 Å². The van der Waals surface area contributed by atoms with Crippen molar-refractivity contribution in [2.45, 2.75) is 92.6 Å². The molecule has 1 aromatic carbocycles. The molecule has 0 unspecified atom stereocenters. The lowest BCUT2D eigenvalue weighted by Gasteiger charge is -2.31. The lowest BCUT2D eigenvalue weighted by Crippen LogP contribution is -2.26. The van der Waals surface area contributed by atoms with E-state index < -0.39 is 37.2 Å². The van der Waals surface area contributed by atoms with Crippen LogP contribution in [-0.4, -0.2) is 27.9 Å². The van der Waals surface area contributed by atoms with E-state index in [-0.39, 0.29) is 16.9 Å². The first-order valence-electron chi connectivity index (χ1n) is 9.53. The van der Waals surface area contributed by atoms with Gasteiger partial charge in [-0.05, 0) is 86.9 Å². The van der Waals surface area contributed by atoms with Gasteiger partial charge in [0.15, 0.2) is 0 Å². The van der Waals surface area contributed by atoms with Crippen LogP contribution < -0.4 is 4.52 Å². The van der Waals surface area contributed by atoms with Gasteiger partial charge in [-0.15, -0.1) is 0 Å².